The molecule has 164 valence electrons. The molecule has 0 radical (unpaired) electrons. The Hall–Kier alpha value is -3.95. The van der Waals surface area contributed by atoms with Gasteiger partial charge in [-0.2, -0.15) is 4.98 Å². The summed E-state index contributed by atoms with van der Waals surface area (Å²) >= 11 is 6.42. The number of nitrogens with zero attached hydrogens (tertiary/aromatic N) is 2. The number of nitrogens with one attached hydrogen (secondary N) is 1. The Balaban J connectivity index is 0.000000913. The molecule has 0 aliphatic heterocycles. The van der Waals surface area contributed by atoms with Gasteiger partial charge in [0.15, 0.2) is 0 Å². The van der Waals surface area contributed by atoms with Crippen molar-refractivity contribution in [3.05, 3.63) is 70.4 Å². The van der Waals surface area contributed by atoms with Gasteiger partial charge in [-0.3, -0.25) is 9.78 Å². The van der Waals surface area contributed by atoms with Crippen LogP contribution in [0.3, 0.4) is 0 Å². The van der Waals surface area contributed by atoms with Gasteiger partial charge in [0.25, 0.3) is 12.5 Å². The summed E-state index contributed by atoms with van der Waals surface area (Å²) in [7, 11) is 0. The number of rotatable bonds is 5. The molecule has 0 amide bonds. The number of H-pyrrole nitrogens is 1. The molecule has 4 aromatic rings. The summed E-state index contributed by atoms with van der Waals surface area (Å²) in [6, 6.07) is 13.8. The van der Waals surface area contributed by atoms with Crippen LogP contribution < -0.4 is 4.74 Å². The summed E-state index contributed by atoms with van der Waals surface area (Å²) in [6.45, 7) is 1.31. The number of imidazole rings is 1. The third kappa shape index (κ3) is 5.02. The number of fused-ring (bicyclic) bond motifs is 1. The van der Waals surface area contributed by atoms with Crippen LogP contribution in [0.5, 0.6) is 11.8 Å². The van der Waals surface area contributed by atoms with Gasteiger partial charge in [0.1, 0.15) is 5.75 Å². The normalized spacial score (nSPS) is 10.3. The van der Waals surface area contributed by atoms with Gasteiger partial charge in [-0.1, -0.05) is 23.7 Å². The number of carbonyl (C=O) groups is 2. The van der Waals surface area contributed by atoms with Crippen LogP contribution >= 0.6 is 11.6 Å². The minimum absolute atomic E-state index is 0.164. The minimum Gasteiger partial charge on any atom is -0.483 e. The number of aromatic nitrogens is 3. The number of aliphatic hydroxyl groups excluding tert-OH is 1. The Kier molecular flexibility index (Phi) is 7.04. The molecule has 4 N–H and O–H groups in total. The van der Waals surface area contributed by atoms with E-state index in [0.717, 1.165) is 0 Å². The standard InChI is InChI=1S/C21H16ClN3O4.CH2O2/c1-11-5-6-13(7-14(11)20(27)28)29-21-24-18-8-15(16(22)9-19(18)25-21)17-4-2-3-12(10-26)23-17;2-1-3/h2-9,26H,10H2,1H3,(H,24,25)(H,27,28);1H,(H,2,3). The first-order valence-electron chi connectivity index (χ1n) is 9.22. The molecule has 0 saturated carbocycles. The third-order valence-corrected chi connectivity index (χ3v) is 4.76. The molecule has 0 atom stereocenters. The fourth-order valence-electron chi connectivity index (χ4n) is 2.98. The number of aromatic carboxylic acids is 1. The van der Waals surface area contributed by atoms with Crippen molar-refractivity contribution < 1.29 is 29.6 Å². The maximum absolute atomic E-state index is 11.3. The van der Waals surface area contributed by atoms with E-state index in [1.165, 1.54) is 6.07 Å². The van der Waals surface area contributed by atoms with E-state index in [2.05, 4.69) is 15.0 Å². The molecule has 0 fully saturated rings. The molecule has 0 aliphatic carbocycles. The number of aliphatic hydroxyl groups is 1. The first-order chi connectivity index (χ1) is 15.4. The molecule has 10 heteroatoms. The van der Waals surface area contributed by atoms with Gasteiger partial charge < -0.3 is 25.0 Å². The van der Waals surface area contributed by atoms with Gasteiger partial charge in [-0.25, -0.2) is 4.79 Å². The molecule has 32 heavy (non-hydrogen) atoms. The van der Waals surface area contributed by atoms with Crippen molar-refractivity contribution in [1.82, 2.24) is 15.0 Å². The predicted molar refractivity (Wildman–Crippen MR) is 117 cm³/mol. The van der Waals surface area contributed by atoms with E-state index in [0.29, 0.717) is 44.3 Å². The average molecular weight is 456 g/mol. The number of pyridine rings is 1. The largest absolute Gasteiger partial charge is 0.483 e. The number of hydrogen-bond acceptors (Lipinski definition) is 6. The number of carboxylic acid groups (broad SMARTS) is 2. The van der Waals surface area contributed by atoms with Crippen molar-refractivity contribution in [3.63, 3.8) is 0 Å². The highest BCUT2D eigenvalue weighted by Gasteiger charge is 2.13. The lowest BCUT2D eigenvalue weighted by atomic mass is 10.1. The van der Waals surface area contributed by atoms with Crippen molar-refractivity contribution in [2.75, 3.05) is 0 Å². The summed E-state index contributed by atoms with van der Waals surface area (Å²) in [5.41, 5.74) is 3.92. The van der Waals surface area contributed by atoms with Crippen LogP contribution in [0.25, 0.3) is 22.3 Å². The van der Waals surface area contributed by atoms with Crippen LogP contribution in [-0.2, 0) is 11.4 Å². The molecule has 0 bridgehead atoms. The van der Waals surface area contributed by atoms with Gasteiger partial charge in [0.05, 0.1) is 39.6 Å². The molecular formula is C22H18ClN3O6. The van der Waals surface area contributed by atoms with E-state index in [9.17, 15) is 15.0 Å². The molecular weight excluding hydrogens is 438 g/mol. The molecule has 2 heterocycles. The molecule has 2 aromatic carbocycles. The number of carboxylic acids is 1. The second-order valence-electron chi connectivity index (χ2n) is 6.55. The summed E-state index contributed by atoms with van der Waals surface area (Å²) in [5, 5.41) is 25.9. The van der Waals surface area contributed by atoms with Crippen LogP contribution in [-0.4, -0.2) is 42.7 Å². The first kappa shape index (κ1) is 22.7. The molecule has 4 rings (SSSR count). The highest BCUT2D eigenvalue weighted by molar-refractivity contribution is 6.34. The van der Waals surface area contributed by atoms with Crippen LogP contribution in [0.2, 0.25) is 5.02 Å². The van der Waals surface area contributed by atoms with Crippen LogP contribution in [0.4, 0.5) is 0 Å². The zero-order chi connectivity index (χ0) is 23.3. The van der Waals surface area contributed by atoms with Crippen molar-refractivity contribution in [2.45, 2.75) is 13.5 Å². The van der Waals surface area contributed by atoms with E-state index in [1.807, 2.05) is 0 Å². The summed E-state index contributed by atoms with van der Waals surface area (Å²) in [6.07, 6.45) is 0. The van der Waals surface area contributed by atoms with E-state index in [4.69, 9.17) is 26.2 Å². The quantitative estimate of drug-likeness (QED) is 0.326. The second kappa shape index (κ2) is 9.90. The van der Waals surface area contributed by atoms with Crippen molar-refractivity contribution in [3.8, 4) is 23.0 Å². The fourth-order valence-corrected chi connectivity index (χ4v) is 3.24. The monoisotopic (exact) mass is 455 g/mol. The van der Waals surface area contributed by atoms with Crippen molar-refractivity contribution in [2.24, 2.45) is 0 Å². The SMILES string of the molecule is Cc1ccc(Oc2nc3cc(-c4cccc(CO)n4)c(Cl)cc3[nH]2)cc1C(=O)O.O=CO. The van der Waals surface area contributed by atoms with Gasteiger partial charge in [0.2, 0.25) is 0 Å². The lowest BCUT2D eigenvalue weighted by Crippen LogP contribution is -2.00. The molecule has 0 spiro atoms. The van der Waals surface area contributed by atoms with E-state index in [-0.39, 0.29) is 24.7 Å². The lowest BCUT2D eigenvalue weighted by molar-refractivity contribution is -0.122. The highest BCUT2D eigenvalue weighted by Crippen LogP contribution is 2.32. The van der Waals surface area contributed by atoms with Gasteiger partial charge >= 0.3 is 5.97 Å². The number of hydrogen-bond donors (Lipinski definition) is 4. The highest BCUT2D eigenvalue weighted by atomic mass is 35.5. The summed E-state index contributed by atoms with van der Waals surface area (Å²) < 4.78 is 5.71. The number of ether oxygens (including phenoxy) is 1. The van der Waals surface area contributed by atoms with Crippen molar-refractivity contribution in [1.29, 1.82) is 0 Å². The minimum atomic E-state index is -1.02. The Morgan fingerprint density at radius 2 is 1.94 bits per heavy atom. The van der Waals surface area contributed by atoms with Gasteiger partial charge in [-0.05, 0) is 48.9 Å². The second-order valence-corrected chi connectivity index (χ2v) is 6.96. The topological polar surface area (TPSA) is 146 Å². The number of benzene rings is 2. The number of aromatic amines is 1. The molecule has 2 aromatic heterocycles. The Morgan fingerprint density at radius 3 is 2.62 bits per heavy atom. The van der Waals surface area contributed by atoms with E-state index >= 15 is 0 Å². The Labute approximate surface area is 186 Å². The zero-order valence-electron chi connectivity index (χ0n) is 16.7. The lowest BCUT2D eigenvalue weighted by Gasteiger charge is -2.05. The molecule has 0 unspecified atom stereocenters. The summed E-state index contributed by atoms with van der Waals surface area (Å²) in [4.78, 5) is 31.5. The number of aryl methyl sites for hydroxylation is 1. The van der Waals surface area contributed by atoms with Gasteiger partial charge in [-0.15, -0.1) is 0 Å². The van der Waals surface area contributed by atoms with E-state index < -0.39 is 5.97 Å². The maximum Gasteiger partial charge on any atom is 0.336 e. The Morgan fingerprint density at radius 1 is 1.19 bits per heavy atom. The van der Waals surface area contributed by atoms with Crippen LogP contribution in [0, 0.1) is 6.92 Å². The molecule has 0 saturated heterocycles. The summed E-state index contributed by atoms with van der Waals surface area (Å²) in [5.74, 6) is -0.665. The average Bonchev–Trinajstić information content (AvgIpc) is 3.15. The van der Waals surface area contributed by atoms with Crippen molar-refractivity contribution >= 4 is 35.1 Å². The predicted octanol–water partition coefficient (Wildman–Crippen LogP) is 4.27. The Bertz CT molecular complexity index is 1290. The third-order valence-electron chi connectivity index (χ3n) is 4.45. The van der Waals surface area contributed by atoms with Crippen LogP contribution in [0.1, 0.15) is 21.6 Å². The first-order valence-corrected chi connectivity index (χ1v) is 9.60. The molecule has 9 nitrogen and oxygen atoms in total. The van der Waals surface area contributed by atoms with Crippen LogP contribution in [0.15, 0.2) is 48.5 Å². The maximum atomic E-state index is 11.3. The van der Waals surface area contributed by atoms with E-state index in [1.54, 1.807) is 49.4 Å². The fraction of sp³-hybridized carbons (Fsp3) is 0.0909. The number of halogens is 1. The smallest absolute Gasteiger partial charge is 0.336 e. The zero-order valence-corrected chi connectivity index (χ0v) is 17.5. The molecule has 0 aliphatic rings. The van der Waals surface area contributed by atoms with Gasteiger partial charge in [0, 0.05) is 5.56 Å².